The van der Waals surface area contributed by atoms with E-state index in [1.165, 1.54) is 19.3 Å². The fraction of sp³-hybridized carbons (Fsp3) is 0.667. The van der Waals surface area contributed by atoms with Crippen LogP contribution in [0.15, 0.2) is 12.1 Å². The molecule has 0 bridgehead atoms. The highest BCUT2D eigenvalue weighted by molar-refractivity contribution is 5.32. The first kappa shape index (κ1) is 11.3. The van der Waals surface area contributed by atoms with Crippen LogP contribution < -0.4 is 11.1 Å². The highest BCUT2D eigenvalue weighted by Crippen LogP contribution is 2.30. The molecule has 1 aromatic heterocycles. The number of aromatic nitrogens is 2. The Labute approximate surface area is 96.6 Å². The fourth-order valence-electron chi connectivity index (χ4n) is 2.42. The average molecular weight is 220 g/mol. The van der Waals surface area contributed by atoms with Crippen molar-refractivity contribution in [2.75, 3.05) is 18.4 Å². The minimum absolute atomic E-state index is 0.686. The second-order valence-electron chi connectivity index (χ2n) is 4.63. The predicted octanol–water partition coefficient (Wildman–Crippen LogP) is 1.57. The second kappa shape index (κ2) is 5.25. The van der Waals surface area contributed by atoms with Gasteiger partial charge in [-0.25, -0.2) is 0 Å². The van der Waals surface area contributed by atoms with E-state index in [0.29, 0.717) is 11.8 Å². The quantitative estimate of drug-likeness (QED) is 0.808. The van der Waals surface area contributed by atoms with Crippen molar-refractivity contribution in [2.45, 2.75) is 26.2 Å². The van der Waals surface area contributed by atoms with Crippen molar-refractivity contribution in [3.63, 3.8) is 0 Å². The van der Waals surface area contributed by atoms with Crippen molar-refractivity contribution in [3.8, 4) is 0 Å². The summed E-state index contributed by atoms with van der Waals surface area (Å²) in [6, 6.07) is 3.96. The van der Waals surface area contributed by atoms with Gasteiger partial charge in [0.15, 0.2) is 0 Å². The maximum absolute atomic E-state index is 5.76. The van der Waals surface area contributed by atoms with Crippen LogP contribution in [0.3, 0.4) is 0 Å². The molecular formula is C12H20N4. The number of aryl methyl sites for hydroxylation is 1. The van der Waals surface area contributed by atoms with Gasteiger partial charge in [-0.05, 0) is 50.3 Å². The largest absolute Gasteiger partial charge is 0.368 e. The number of nitrogens with one attached hydrogen (secondary N) is 1. The highest BCUT2D eigenvalue weighted by Gasteiger charge is 2.25. The maximum Gasteiger partial charge on any atom is 0.148 e. The Morgan fingerprint density at radius 1 is 1.31 bits per heavy atom. The fourth-order valence-corrected chi connectivity index (χ4v) is 2.42. The van der Waals surface area contributed by atoms with E-state index in [1.807, 2.05) is 19.1 Å². The molecule has 0 aliphatic heterocycles. The zero-order chi connectivity index (χ0) is 11.4. The van der Waals surface area contributed by atoms with Gasteiger partial charge in [-0.3, -0.25) is 0 Å². The van der Waals surface area contributed by atoms with E-state index in [-0.39, 0.29) is 0 Å². The predicted molar refractivity (Wildman–Crippen MR) is 65.1 cm³/mol. The molecule has 1 aromatic rings. The Morgan fingerprint density at radius 3 is 2.81 bits per heavy atom. The molecule has 0 radical (unpaired) electrons. The van der Waals surface area contributed by atoms with Crippen LogP contribution in [0.5, 0.6) is 0 Å². The standard InChI is InChI=1S/C12H20N4/c1-9-5-6-12(16-15-9)14-8-11-4-2-3-10(11)7-13/h5-6,10-11H,2-4,7-8,13H2,1H3,(H,14,16). The van der Waals surface area contributed by atoms with Gasteiger partial charge in [-0.1, -0.05) is 6.42 Å². The first-order valence-corrected chi connectivity index (χ1v) is 6.04. The third kappa shape index (κ3) is 2.70. The van der Waals surface area contributed by atoms with E-state index in [0.717, 1.165) is 24.6 Å². The summed E-state index contributed by atoms with van der Waals surface area (Å²) in [5, 5.41) is 11.5. The molecule has 2 atom stereocenters. The van der Waals surface area contributed by atoms with E-state index in [2.05, 4.69) is 15.5 Å². The van der Waals surface area contributed by atoms with Gasteiger partial charge in [0.2, 0.25) is 0 Å². The Bertz CT molecular complexity index is 322. The monoisotopic (exact) mass is 220 g/mol. The van der Waals surface area contributed by atoms with Crippen LogP contribution in [-0.2, 0) is 0 Å². The van der Waals surface area contributed by atoms with Crippen molar-refractivity contribution in [1.29, 1.82) is 0 Å². The van der Waals surface area contributed by atoms with Crippen molar-refractivity contribution < 1.29 is 0 Å². The smallest absolute Gasteiger partial charge is 0.148 e. The van der Waals surface area contributed by atoms with Crippen molar-refractivity contribution >= 4 is 5.82 Å². The normalized spacial score (nSPS) is 24.6. The number of nitrogens with zero attached hydrogens (tertiary/aromatic N) is 2. The highest BCUT2D eigenvalue weighted by atomic mass is 15.2. The van der Waals surface area contributed by atoms with Crippen LogP contribution in [0.25, 0.3) is 0 Å². The third-order valence-corrected chi connectivity index (χ3v) is 3.46. The van der Waals surface area contributed by atoms with Crippen LogP contribution in [0.4, 0.5) is 5.82 Å². The summed E-state index contributed by atoms with van der Waals surface area (Å²) < 4.78 is 0. The summed E-state index contributed by atoms with van der Waals surface area (Å²) in [7, 11) is 0. The summed E-state index contributed by atoms with van der Waals surface area (Å²) >= 11 is 0. The van der Waals surface area contributed by atoms with E-state index >= 15 is 0 Å². The van der Waals surface area contributed by atoms with E-state index in [1.54, 1.807) is 0 Å². The van der Waals surface area contributed by atoms with Gasteiger partial charge in [0.25, 0.3) is 0 Å². The SMILES string of the molecule is Cc1ccc(NCC2CCCC2CN)nn1. The molecule has 1 fully saturated rings. The first-order chi connectivity index (χ1) is 7.79. The third-order valence-electron chi connectivity index (χ3n) is 3.46. The molecule has 2 unspecified atom stereocenters. The molecule has 1 aliphatic rings. The van der Waals surface area contributed by atoms with E-state index in [9.17, 15) is 0 Å². The lowest BCUT2D eigenvalue weighted by molar-refractivity contribution is 0.414. The van der Waals surface area contributed by atoms with Crippen molar-refractivity contribution in [2.24, 2.45) is 17.6 Å². The van der Waals surface area contributed by atoms with Crippen LogP contribution in [0.1, 0.15) is 25.0 Å². The lowest BCUT2D eigenvalue weighted by Crippen LogP contribution is -2.24. The number of hydrogen-bond acceptors (Lipinski definition) is 4. The zero-order valence-corrected chi connectivity index (χ0v) is 9.82. The molecule has 3 N–H and O–H groups in total. The molecule has 88 valence electrons. The molecule has 1 heterocycles. The number of anilines is 1. The molecule has 4 nitrogen and oxygen atoms in total. The molecular weight excluding hydrogens is 200 g/mol. The van der Waals surface area contributed by atoms with Crippen LogP contribution in [0, 0.1) is 18.8 Å². The lowest BCUT2D eigenvalue weighted by atomic mass is 9.96. The van der Waals surface area contributed by atoms with Crippen LogP contribution >= 0.6 is 0 Å². The topological polar surface area (TPSA) is 63.8 Å². The van der Waals surface area contributed by atoms with Crippen molar-refractivity contribution in [3.05, 3.63) is 17.8 Å². The minimum atomic E-state index is 0.686. The van der Waals surface area contributed by atoms with Gasteiger partial charge in [-0.2, -0.15) is 5.10 Å². The van der Waals surface area contributed by atoms with Gasteiger partial charge in [0.05, 0.1) is 5.69 Å². The molecule has 0 saturated heterocycles. The molecule has 0 spiro atoms. The Balaban J connectivity index is 1.85. The van der Waals surface area contributed by atoms with Crippen molar-refractivity contribution in [1.82, 2.24) is 10.2 Å². The average Bonchev–Trinajstić information content (AvgIpc) is 2.76. The number of nitrogens with two attached hydrogens (primary N) is 1. The Morgan fingerprint density at radius 2 is 2.12 bits per heavy atom. The molecule has 1 aliphatic carbocycles. The van der Waals surface area contributed by atoms with Gasteiger partial charge < -0.3 is 11.1 Å². The Kier molecular flexibility index (Phi) is 3.72. The summed E-state index contributed by atoms with van der Waals surface area (Å²) in [4.78, 5) is 0. The van der Waals surface area contributed by atoms with Gasteiger partial charge >= 0.3 is 0 Å². The lowest BCUT2D eigenvalue weighted by Gasteiger charge is -2.18. The number of hydrogen-bond donors (Lipinski definition) is 2. The van der Waals surface area contributed by atoms with Gasteiger partial charge in [-0.15, -0.1) is 5.10 Å². The molecule has 1 saturated carbocycles. The second-order valence-corrected chi connectivity index (χ2v) is 4.63. The zero-order valence-electron chi connectivity index (χ0n) is 9.82. The first-order valence-electron chi connectivity index (χ1n) is 6.04. The Hall–Kier alpha value is -1.16. The van der Waals surface area contributed by atoms with Crippen LogP contribution in [0.2, 0.25) is 0 Å². The summed E-state index contributed by atoms with van der Waals surface area (Å²) in [5.74, 6) is 2.26. The van der Waals surface area contributed by atoms with Gasteiger partial charge in [0.1, 0.15) is 5.82 Å². The van der Waals surface area contributed by atoms with Gasteiger partial charge in [0, 0.05) is 6.54 Å². The minimum Gasteiger partial charge on any atom is -0.368 e. The molecule has 0 aromatic carbocycles. The summed E-state index contributed by atoms with van der Waals surface area (Å²) in [6.07, 6.45) is 3.88. The van der Waals surface area contributed by atoms with Crippen LogP contribution in [-0.4, -0.2) is 23.3 Å². The molecule has 0 amide bonds. The van der Waals surface area contributed by atoms with E-state index < -0.39 is 0 Å². The molecule has 2 rings (SSSR count). The molecule has 4 heteroatoms. The summed E-state index contributed by atoms with van der Waals surface area (Å²) in [5.41, 5.74) is 6.71. The maximum atomic E-state index is 5.76. The van der Waals surface area contributed by atoms with E-state index in [4.69, 9.17) is 5.73 Å². The summed E-state index contributed by atoms with van der Waals surface area (Å²) in [6.45, 7) is 3.73. The number of rotatable bonds is 4. The molecule has 16 heavy (non-hydrogen) atoms.